The van der Waals surface area contributed by atoms with Crippen molar-refractivity contribution < 1.29 is 9.53 Å². The second-order valence-corrected chi connectivity index (χ2v) is 3.21. The minimum absolute atomic E-state index is 0.0913. The fourth-order valence-electron chi connectivity index (χ4n) is 0.938. The third-order valence-corrected chi connectivity index (χ3v) is 1.74. The van der Waals surface area contributed by atoms with Crippen LogP contribution in [0.1, 0.15) is 34.1 Å². The summed E-state index contributed by atoms with van der Waals surface area (Å²) in [6, 6.07) is -0.0913. The lowest BCUT2D eigenvalue weighted by molar-refractivity contribution is -0.155. The van der Waals surface area contributed by atoms with Gasteiger partial charge in [0.05, 0.1) is 0 Å². The second-order valence-electron chi connectivity index (χ2n) is 3.21. The molecular formula is C8H17NO2. The minimum Gasteiger partial charge on any atom is -0.458 e. The molecule has 2 N–H and O–H groups in total. The first-order valence-corrected chi connectivity index (χ1v) is 3.85. The number of nitrogens with two attached hydrogens (primary N) is 1. The van der Waals surface area contributed by atoms with Gasteiger partial charge >= 0.3 is 5.97 Å². The van der Waals surface area contributed by atoms with Crippen molar-refractivity contribution in [2.24, 2.45) is 5.73 Å². The van der Waals surface area contributed by atoms with Gasteiger partial charge < -0.3 is 10.5 Å². The third kappa shape index (κ3) is 3.37. The Bertz CT molecular complexity index is 143. The first kappa shape index (κ1) is 10.4. The molecular weight excluding hydrogens is 142 g/mol. The summed E-state index contributed by atoms with van der Waals surface area (Å²) >= 11 is 0. The van der Waals surface area contributed by atoms with Crippen LogP contribution in [-0.2, 0) is 9.53 Å². The van der Waals surface area contributed by atoms with Gasteiger partial charge in [0.2, 0.25) is 0 Å². The van der Waals surface area contributed by atoms with Crippen LogP contribution in [0.5, 0.6) is 0 Å². The quantitative estimate of drug-likeness (QED) is 0.626. The number of rotatable bonds is 3. The lowest BCUT2D eigenvalue weighted by Gasteiger charge is -2.30. The minimum atomic E-state index is -0.541. The molecule has 0 bridgehead atoms. The van der Waals surface area contributed by atoms with Crippen molar-refractivity contribution in [1.82, 2.24) is 0 Å². The molecule has 0 spiro atoms. The smallest absolute Gasteiger partial charge is 0.303 e. The van der Waals surface area contributed by atoms with E-state index in [-0.39, 0.29) is 12.0 Å². The molecule has 0 fully saturated rings. The van der Waals surface area contributed by atoms with E-state index in [1.807, 2.05) is 20.8 Å². The van der Waals surface area contributed by atoms with Crippen molar-refractivity contribution in [3.63, 3.8) is 0 Å². The van der Waals surface area contributed by atoms with Gasteiger partial charge in [-0.15, -0.1) is 0 Å². The van der Waals surface area contributed by atoms with Crippen molar-refractivity contribution >= 4 is 5.97 Å². The maximum absolute atomic E-state index is 10.6. The van der Waals surface area contributed by atoms with Gasteiger partial charge in [0.15, 0.2) is 0 Å². The summed E-state index contributed by atoms with van der Waals surface area (Å²) in [7, 11) is 0. The number of ether oxygens (including phenoxy) is 1. The molecule has 0 aromatic rings. The zero-order valence-electron chi connectivity index (χ0n) is 7.68. The summed E-state index contributed by atoms with van der Waals surface area (Å²) in [4.78, 5) is 10.6. The van der Waals surface area contributed by atoms with E-state index in [4.69, 9.17) is 10.5 Å². The molecule has 0 saturated carbocycles. The molecule has 0 aliphatic carbocycles. The van der Waals surface area contributed by atoms with Gasteiger partial charge in [0.1, 0.15) is 5.60 Å². The molecule has 0 heterocycles. The lowest BCUT2D eigenvalue weighted by atomic mass is 9.97. The van der Waals surface area contributed by atoms with Crippen LogP contribution in [0.15, 0.2) is 0 Å². The standard InChI is InChI=1S/C8H17NO2/c1-5-7(9)8(3,4)11-6(2)10/h7H,5,9H2,1-4H3. The first-order chi connectivity index (χ1) is 4.90. The van der Waals surface area contributed by atoms with Crippen LogP contribution in [0.4, 0.5) is 0 Å². The average molecular weight is 159 g/mol. The normalized spacial score (nSPS) is 14.3. The van der Waals surface area contributed by atoms with Gasteiger partial charge in [-0.3, -0.25) is 4.79 Å². The van der Waals surface area contributed by atoms with Crippen molar-refractivity contribution in [1.29, 1.82) is 0 Å². The molecule has 0 aliphatic heterocycles. The Morgan fingerprint density at radius 1 is 1.64 bits per heavy atom. The Kier molecular flexibility index (Phi) is 3.52. The Morgan fingerprint density at radius 3 is 2.36 bits per heavy atom. The fraction of sp³-hybridized carbons (Fsp3) is 0.875. The number of hydrogen-bond donors (Lipinski definition) is 1. The van der Waals surface area contributed by atoms with Crippen molar-refractivity contribution in [2.45, 2.75) is 45.8 Å². The molecule has 0 amide bonds. The van der Waals surface area contributed by atoms with Gasteiger partial charge in [-0.1, -0.05) is 6.92 Å². The lowest BCUT2D eigenvalue weighted by Crippen LogP contribution is -2.45. The van der Waals surface area contributed by atoms with E-state index >= 15 is 0 Å². The van der Waals surface area contributed by atoms with E-state index in [0.29, 0.717) is 0 Å². The topological polar surface area (TPSA) is 52.3 Å². The predicted octanol–water partition coefficient (Wildman–Crippen LogP) is 1.07. The molecule has 0 aliphatic rings. The molecule has 11 heavy (non-hydrogen) atoms. The van der Waals surface area contributed by atoms with E-state index in [0.717, 1.165) is 6.42 Å². The molecule has 0 aromatic carbocycles. The highest BCUT2D eigenvalue weighted by molar-refractivity contribution is 5.66. The van der Waals surface area contributed by atoms with Crippen LogP contribution < -0.4 is 5.73 Å². The van der Waals surface area contributed by atoms with Crippen LogP contribution in [0, 0.1) is 0 Å². The van der Waals surface area contributed by atoms with Gasteiger partial charge in [-0.2, -0.15) is 0 Å². The number of carbonyl (C=O) groups is 1. The molecule has 3 heteroatoms. The highest BCUT2D eigenvalue weighted by Gasteiger charge is 2.27. The van der Waals surface area contributed by atoms with Crippen LogP contribution in [0.2, 0.25) is 0 Å². The molecule has 3 nitrogen and oxygen atoms in total. The fourth-order valence-corrected chi connectivity index (χ4v) is 0.938. The highest BCUT2D eigenvalue weighted by Crippen LogP contribution is 2.15. The van der Waals surface area contributed by atoms with Crippen LogP contribution in [-0.4, -0.2) is 17.6 Å². The summed E-state index contributed by atoms with van der Waals surface area (Å²) in [6.07, 6.45) is 0.806. The maximum atomic E-state index is 10.6. The summed E-state index contributed by atoms with van der Waals surface area (Å²) in [6.45, 7) is 7.01. The van der Waals surface area contributed by atoms with E-state index in [9.17, 15) is 4.79 Å². The molecule has 0 rings (SSSR count). The Hall–Kier alpha value is -0.570. The molecule has 66 valence electrons. The Morgan fingerprint density at radius 2 is 2.09 bits per heavy atom. The Balaban J connectivity index is 4.08. The summed E-state index contributed by atoms with van der Waals surface area (Å²) < 4.78 is 5.03. The van der Waals surface area contributed by atoms with Gasteiger partial charge in [-0.05, 0) is 20.3 Å². The molecule has 1 atom stereocenters. The van der Waals surface area contributed by atoms with E-state index < -0.39 is 5.60 Å². The van der Waals surface area contributed by atoms with Crippen molar-refractivity contribution in [2.75, 3.05) is 0 Å². The van der Waals surface area contributed by atoms with Crippen LogP contribution >= 0.6 is 0 Å². The maximum Gasteiger partial charge on any atom is 0.303 e. The molecule has 0 radical (unpaired) electrons. The number of carbonyl (C=O) groups excluding carboxylic acids is 1. The predicted molar refractivity (Wildman–Crippen MR) is 44.1 cm³/mol. The molecule has 1 unspecified atom stereocenters. The molecule has 0 aromatic heterocycles. The van der Waals surface area contributed by atoms with Gasteiger partial charge in [-0.25, -0.2) is 0 Å². The van der Waals surface area contributed by atoms with Gasteiger partial charge in [0.25, 0.3) is 0 Å². The first-order valence-electron chi connectivity index (χ1n) is 3.85. The zero-order chi connectivity index (χ0) is 9.07. The van der Waals surface area contributed by atoms with Crippen molar-refractivity contribution in [3.8, 4) is 0 Å². The van der Waals surface area contributed by atoms with E-state index in [2.05, 4.69) is 0 Å². The number of hydrogen-bond acceptors (Lipinski definition) is 3. The summed E-state index contributed by atoms with van der Waals surface area (Å²) in [5, 5.41) is 0. The summed E-state index contributed by atoms with van der Waals surface area (Å²) in [5.41, 5.74) is 5.18. The number of esters is 1. The van der Waals surface area contributed by atoms with Crippen LogP contribution in [0.3, 0.4) is 0 Å². The third-order valence-electron chi connectivity index (χ3n) is 1.74. The second kappa shape index (κ2) is 3.72. The Labute approximate surface area is 67.9 Å². The largest absolute Gasteiger partial charge is 0.458 e. The van der Waals surface area contributed by atoms with E-state index in [1.165, 1.54) is 6.92 Å². The monoisotopic (exact) mass is 159 g/mol. The molecule has 0 saturated heterocycles. The average Bonchev–Trinajstić information content (AvgIpc) is 1.83. The summed E-state index contributed by atoms with van der Waals surface area (Å²) in [5.74, 6) is -0.279. The van der Waals surface area contributed by atoms with Crippen LogP contribution in [0.25, 0.3) is 0 Å². The highest BCUT2D eigenvalue weighted by atomic mass is 16.6. The van der Waals surface area contributed by atoms with E-state index in [1.54, 1.807) is 0 Å². The zero-order valence-corrected chi connectivity index (χ0v) is 7.68. The van der Waals surface area contributed by atoms with Crippen molar-refractivity contribution in [3.05, 3.63) is 0 Å². The SMILES string of the molecule is CCC(N)C(C)(C)OC(C)=O. The van der Waals surface area contributed by atoms with Gasteiger partial charge in [0, 0.05) is 13.0 Å².